The fraction of sp³-hybridized carbons (Fsp3) is 0. The third-order valence-electron chi connectivity index (χ3n) is 6.61. The maximum Gasteiger partial charge on any atom is 0.0569 e. The lowest BCUT2D eigenvalue weighted by Crippen LogP contribution is -1.96. The van der Waals surface area contributed by atoms with Crippen molar-refractivity contribution in [2.75, 3.05) is 0 Å². The van der Waals surface area contributed by atoms with E-state index in [9.17, 15) is 0 Å². The molecule has 0 heterocycles. The van der Waals surface area contributed by atoms with Crippen LogP contribution in [0.1, 0.15) is 44.5 Å². The van der Waals surface area contributed by atoms with Crippen molar-refractivity contribution in [3.63, 3.8) is 0 Å². The first-order valence-corrected chi connectivity index (χ1v) is 13.7. The summed E-state index contributed by atoms with van der Waals surface area (Å²) in [6.45, 7) is 0. The Hall–Kier alpha value is -6.18. The molecule has 6 rings (SSSR count). The summed E-state index contributed by atoms with van der Waals surface area (Å²) in [5.74, 6) is 27.2. The van der Waals surface area contributed by atoms with Gasteiger partial charge in [-0.3, -0.25) is 0 Å². The highest BCUT2D eigenvalue weighted by molar-refractivity contribution is 5.97. The Morgan fingerprint density at radius 2 is 0.690 bits per heavy atom. The van der Waals surface area contributed by atoms with Crippen LogP contribution < -0.4 is 0 Å². The van der Waals surface area contributed by atoms with Crippen molar-refractivity contribution < 1.29 is 0 Å². The van der Waals surface area contributed by atoms with Crippen LogP contribution in [0.3, 0.4) is 0 Å². The van der Waals surface area contributed by atoms with E-state index in [1.54, 1.807) is 0 Å². The highest BCUT2D eigenvalue weighted by atomic mass is 14.1. The molecule has 0 saturated carbocycles. The zero-order valence-corrected chi connectivity index (χ0v) is 22.9. The molecule has 0 bridgehead atoms. The van der Waals surface area contributed by atoms with Crippen molar-refractivity contribution in [1.29, 1.82) is 0 Å². The smallest absolute Gasteiger partial charge is 0.0569 e. The Labute approximate surface area is 247 Å². The monoisotopic (exact) mass is 528 g/mol. The van der Waals surface area contributed by atoms with Crippen LogP contribution in [0.25, 0.3) is 10.8 Å². The topological polar surface area (TPSA) is 0 Å². The molecule has 6 aromatic carbocycles. The second-order valence-electron chi connectivity index (χ2n) is 9.54. The molecular formula is C42H24. The molecule has 0 aliphatic heterocycles. The predicted octanol–water partition coefficient (Wildman–Crippen LogP) is 8.44. The van der Waals surface area contributed by atoms with Crippen molar-refractivity contribution in [2.45, 2.75) is 0 Å². The molecule has 0 radical (unpaired) electrons. The van der Waals surface area contributed by atoms with E-state index in [0.717, 1.165) is 55.3 Å². The van der Waals surface area contributed by atoms with Gasteiger partial charge in [0.25, 0.3) is 0 Å². The second-order valence-corrected chi connectivity index (χ2v) is 9.54. The van der Waals surface area contributed by atoms with Crippen LogP contribution in [0, 0.1) is 47.4 Å². The first-order chi connectivity index (χ1) is 20.8. The number of hydrogen-bond acceptors (Lipinski definition) is 0. The molecule has 0 fully saturated rings. The highest BCUT2D eigenvalue weighted by Gasteiger charge is 2.13. The first-order valence-electron chi connectivity index (χ1n) is 13.7. The van der Waals surface area contributed by atoms with Crippen LogP contribution >= 0.6 is 0 Å². The van der Waals surface area contributed by atoms with Gasteiger partial charge in [0.2, 0.25) is 0 Å². The average molecular weight is 529 g/mol. The Balaban J connectivity index is 1.65. The van der Waals surface area contributed by atoms with E-state index in [2.05, 4.69) is 65.6 Å². The number of rotatable bonds is 0. The third kappa shape index (κ3) is 6.34. The van der Waals surface area contributed by atoms with Crippen LogP contribution in [0.15, 0.2) is 146 Å². The molecule has 42 heavy (non-hydrogen) atoms. The summed E-state index contributed by atoms with van der Waals surface area (Å²) in [6, 6.07) is 48.3. The Kier molecular flexibility index (Phi) is 7.93. The van der Waals surface area contributed by atoms with E-state index < -0.39 is 0 Å². The van der Waals surface area contributed by atoms with Gasteiger partial charge < -0.3 is 0 Å². The molecule has 0 aliphatic carbocycles. The van der Waals surface area contributed by atoms with Gasteiger partial charge in [-0.25, -0.2) is 0 Å². The van der Waals surface area contributed by atoms with E-state index in [1.807, 2.05) is 127 Å². The lowest BCUT2D eigenvalue weighted by molar-refractivity contribution is 1.56. The Morgan fingerprint density at radius 1 is 0.286 bits per heavy atom. The summed E-state index contributed by atoms with van der Waals surface area (Å²) in [7, 11) is 0. The summed E-state index contributed by atoms with van der Waals surface area (Å²) in [4.78, 5) is 0. The van der Waals surface area contributed by atoms with Crippen LogP contribution in [-0.2, 0) is 0 Å². The summed E-state index contributed by atoms with van der Waals surface area (Å²) in [6.07, 6.45) is 0. The SMILES string of the molecule is C(#Cc1cc2cccc(C#Cc3ccccc3)c2c(C#Cc2ccccc2)c1C#Cc1ccccc1)c1ccccc1. The fourth-order valence-electron chi connectivity index (χ4n) is 4.55. The van der Waals surface area contributed by atoms with Crippen LogP contribution in [0.4, 0.5) is 0 Å². The van der Waals surface area contributed by atoms with Gasteiger partial charge in [0.05, 0.1) is 11.1 Å². The minimum atomic E-state index is 0.798. The summed E-state index contributed by atoms with van der Waals surface area (Å²) < 4.78 is 0. The zero-order chi connectivity index (χ0) is 28.4. The first kappa shape index (κ1) is 26.1. The summed E-state index contributed by atoms with van der Waals surface area (Å²) >= 11 is 0. The molecule has 0 nitrogen and oxygen atoms in total. The molecule has 0 atom stereocenters. The second kappa shape index (κ2) is 12.8. The van der Waals surface area contributed by atoms with E-state index in [4.69, 9.17) is 0 Å². The maximum atomic E-state index is 3.50. The largest absolute Gasteiger partial charge is 0.0622 e. The lowest BCUT2D eigenvalue weighted by Gasteiger charge is -2.10. The van der Waals surface area contributed by atoms with Gasteiger partial charge in [0, 0.05) is 38.8 Å². The summed E-state index contributed by atoms with van der Waals surface area (Å²) in [5.41, 5.74) is 7.13. The number of fused-ring (bicyclic) bond motifs is 1. The molecule has 0 aromatic heterocycles. The van der Waals surface area contributed by atoms with Crippen molar-refractivity contribution in [2.24, 2.45) is 0 Å². The standard InChI is InChI=1S/C42H24/c1-5-14-33(15-6-1)24-28-37-22-13-23-39-32-38(29-25-34-16-7-2-8-17-34)40(30-26-35-18-9-3-10-19-35)41(42(37)39)31-27-36-20-11-4-12-21-36/h1-23,32H. The van der Waals surface area contributed by atoms with E-state index >= 15 is 0 Å². The maximum absolute atomic E-state index is 3.50. The van der Waals surface area contributed by atoms with Gasteiger partial charge in [-0.05, 0) is 66.0 Å². The predicted molar refractivity (Wildman–Crippen MR) is 174 cm³/mol. The minimum absolute atomic E-state index is 0.798. The van der Waals surface area contributed by atoms with E-state index in [1.165, 1.54) is 0 Å². The number of hydrogen-bond donors (Lipinski definition) is 0. The fourth-order valence-corrected chi connectivity index (χ4v) is 4.55. The van der Waals surface area contributed by atoms with Crippen LogP contribution in [-0.4, -0.2) is 0 Å². The molecule has 0 heteroatoms. The molecule has 0 aliphatic rings. The van der Waals surface area contributed by atoms with Crippen LogP contribution in [0.5, 0.6) is 0 Å². The minimum Gasteiger partial charge on any atom is -0.0622 e. The Bertz CT molecular complexity index is 2110. The van der Waals surface area contributed by atoms with Gasteiger partial charge in [-0.1, -0.05) is 132 Å². The van der Waals surface area contributed by atoms with Gasteiger partial charge in [0.15, 0.2) is 0 Å². The Morgan fingerprint density at radius 3 is 1.17 bits per heavy atom. The zero-order valence-electron chi connectivity index (χ0n) is 22.9. The van der Waals surface area contributed by atoms with E-state index in [-0.39, 0.29) is 0 Å². The quantitative estimate of drug-likeness (QED) is 0.174. The average Bonchev–Trinajstić information content (AvgIpc) is 3.06. The third-order valence-corrected chi connectivity index (χ3v) is 6.61. The highest BCUT2D eigenvalue weighted by Crippen LogP contribution is 2.28. The van der Waals surface area contributed by atoms with Crippen molar-refractivity contribution in [1.82, 2.24) is 0 Å². The molecule has 192 valence electrons. The molecule has 6 aromatic rings. The lowest BCUT2D eigenvalue weighted by atomic mass is 9.91. The number of benzene rings is 6. The van der Waals surface area contributed by atoms with Gasteiger partial charge in [-0.15, -0.1) is 0 Å². The summed E-state index contributed by atoms with van der Waals surface area (Å²) in [5, 5.41) is 2.00. The van der Waals surface area contributed by atoms with Crippen molar-refractivity contribution in [3.8, 4) is 47.4 Å². The molecule has 0 spiro atoms. The van der Waals surface area contributed by atoms with E-state index in [0.29, 0.717) is 0 Å². The molecule has 0 N–H and O–H groups in total. The van der Waals surface area contributed by atoms with Crippen LogP contribution in [0.2, 0.25) is 0 Å². The van der Waals surface area contributed by atoms with Crippen molar-refractivity contribution in [3.05, 3.63) is 190 Å². The normalized spacial score (nSPS) is 9.62. The molecule has 0 saturated heterocycles. The molecular weight excluding hydrogens is 504 g/mol. The van der Waals surface area contributed by atoms with Gasteiger partial charge in [-0.2, -0.15) is 0 Å². The molecule has 0 amide bonds. The van der Waals surface area contributed by atoms with Gasteiger partial charge in [0.1, 0.15) is 0 Å². The molecule has 0 unspecified atom stereocenters. The van der Waals surface area contributed by atoms with Crippen molar-refractivity contribution >= 4 is 10.8 Å². The van der Waals surface area contributed by atoms with Gasteiger partial charge >= 0.3 is 0 Å².